The predicted octanol–water partition coefficient (Wildman–Crippen LogP) is -1.57. The molecule has 0 N–H and O–H groups in total. The fraction of sp³-hybridized carbons (Fsp3) is 0. The Kier molecular flexibility index (Phi) is 207. The molecular weight excluding hydrogens is 331 g/mol. The van der Waals surface area contributed by atoms with Crippen molar-refractivity contribution in [3.63, 3.8) is 0 Å². The summed E-state index contributed by atoms with van der Waals surface area (Å²) in [5.41, 5.74) is 0. The minimum absolute atomic E-state index is 0. The van der Waals surface area contributed by atoms with Crippen molar-refractivity contribution in [3.05, 3.63) is 0 Å². The van der Waals surface area contributed by atoms with E-state index in [1.54, 1.807) is 0 Å². The molecular formula is H3BCrFeSiW. The van der Waals surface area contributed by atoms with Gasteiger partial charge in [0.1, 0.15) is 0 Å². The Morgan fingerprint density at radius 1 is 1.20 bits per heavy atom. The first-order valence-electron chi connectivity index (χ1n) is 0.577. The van der Waals surface area contributed by atoms with Gasteiger partial charge in [0.25, 0.3) is 0 Å². The monoisotopic (exact) mass is 334 g/mol. The van der Waals surface area contributed by atoms with Crippen molar-refractivity contribution in [2.24, 2.45) is 0 Å². The molecule has 0 atom stereocenters. The van der Waals surface area contributed by atoms with E-state index >= 15 is 0 Å². The van der Waals surface area contributed by atoms with Crippen LogP contribution in [-0.2, 0) is 55.5 Å². The van der Waals surface area contributed by atoms with Gasteiger partial charge in [-0.1, -0.05) is 0 Å². The van der Waals surface area contributed by atoms with Crippen LogP contribution in [-0.4, -0.2) is 17.6 Å². The molecule has 0 aromatic heterocycles. The van der Waals surface area contributed by atoms with Crippen LogP contribution in [0.3, 0.4) is 0 Å². The topological polar surface area (TPSA) is 0 Å². The van der Waals surface area contributed by atoms with Crippen molar-refractivity contribution >= 4 is 17.6 Å². The Morgan fingerprint density at radius 3 is 1.20 bits per heavy atom. The Hall–Kier alpha value is 2.02. The molecule has 0 nitrogen and oxygen atoms in total. The van der Waals surface area contributed by atoms with Gasteiger partial charge in [0.2, 0.25) is 0 Å². The van der Waals surface area contributed by atoms with Gasteiger partial charge >= 0.3 is 0 Å². The van der Waals surface area contributed by atoms with E-state index < -0.39 is 0 Å². The molecule has 0 rings (SSSR count). The molecule has 0 aromatic rings. The van der Waals surface area contributed by atoms with Crippen LogP contribution in [0.2, 0.25) is 0 Å². The quantitative estimate of drug-likeness (QED) is 0.470. The molecule has 0 aliphatic carbocycles. The second-order valence-corrected chi connectivity index (χ2v) is 0. The van der Waals surface area contributed by atoms with Crippen molar-refractivity contribution in [1.29, 1.82) is 0 Å². The molecule has 0 spiro atoms. The van der Waals surface area contributed by atoms with Crippen LogP contribution in [0, 0.1) is 0 Å². The van der Waals surface area contributed by atoms with Crippen molar-refractivity contribution in [2.45, 2.75) is 0 Å². The fourth-order valence-electron chi connectivity index (χ4n) is 0. The first-order chi connectivity index (χ1) is 1.00. The summed E-state index contributed by atoms with van der Waals surface area (Å²) < 4.78 is 0. The standard InChI is InChI=1S/BH3Si.Cr.Fe.W/c1-2;;;/h2H3;;;. The SMILES string of the molecule is [B][SiH3].[Cr].[Fe].[W]. The van der Waals surface area contributed by atoms with E-state index in [1.807, 2.05) is 0 Å². The molecule has 0 amide bonds. The van der Waals surface area contributed by atoms with Gasteiger partial charge in [-0.2, -0.15) is 0 Å². The molecule has 0 saturated carbocycles. The van der Waals surface area contributed by atoms with Crippen molar-refractivity contribution < 1.29 is 55.5 Å². The van der Waals surface area contributed by atoms with Crippen LogP contribution in [0.5, 0.6) is 0 Å². The summed E-state index contributed by atoms with van der Waals surface area (Å²) in [5.74, 6) is 0. The number of hydrogen-bond donors (Lipinski definition) is 0. The summed E-state index contributed by atoms with van der Waals surface area (Å²) >= 11 is 0. The third-order valence-corrected chi connectivity index (χ3v) is 0. The molecule has 5 heavy (non-hydrogen) atoms. The second kappa shape index (κ2) is 37.1. The summed E-state index contributed by atoms with van der Waals surface area (Å²) in [6.07, 6.45) is 0. The van der Waals surface area contributed by atoms with Gasteiger partial charge in [0.05, 0.1) is 0 Å². The largest absolute Gasteiger partial charge is 0.0434 e. The van der Waals surface area contributed by atoms with Gasteiger partial charge in [-0.05, 0) is 10.1 Å². The molecule has 0 unspecified atom stereocenters. The maximum absolute atomic E-state index is 4.64. The summed E-state index contributed by atoms with van der Waals surface area (Å²) in [6.45, 7) is 0. The van der Waals surface area contributed by atoms with Crippen LogP contribution in [0.1, 0.15) is 0 Å². The fourth-order valence-corrected chi connectivity index (χ4v) is 0. The molecule has 0 bridgehead atoms. The maximum Gasteiger partial charge on any atom is 0.0434 e. The van der Waals surface area contributed by atoms with Crippen LogP contribution >= 0.6 is 0 Å². The van der Waals surface area contributed by atoms with Crippen molar-refractivity contribution in [2.75, 3.05) is 0 Å². The molecule has 0 aromatic carbocycles. The van der Waals surface area contributed by atoms with E-state index in [0.29, 0.717) is 0 Å². The molecule has 5 heteroatoms. The third kappa shape index (κ3) is 23.8. The van der Waals surface area contributed by atoms with Crippen molar-refractivity contribution in [3.8, 4) is 0 Å². The summed E-state index contributed by atoms with van der Waals surface area (Å²) in [5, 5.41) is 0. The van der Waals surface area contributed by atoms with E-state index in [0.717, 1.165) is 10.1 Å². The van der Waals surface area contributed by atoms with E-state index in [1.165, 1.54) is 0 Å². The minimum atomic E-state index is 0. The maximum atomic E-state index is 4.64. The van der Waals surface area contributed by atoms with Crippen LogP contribution in [0.15, 0.2) is 0 Å². The number of hydrogen-bond acceptors (Lipinski definition) is 0. The molecule has 0 aliphatic rings. The average molecular weight is 334 g/mol. The van der Waals surface area contributed by atoms with Gasteiger partial charge in [0.15, 0.2) is 0 Å². The molecule has 0 heterocycles. The summed E-state index contributed by atoms with van der Waals surface area (Å²) in [4.78, 5) is 0. The zero-order valence-electron chi connectivity index (χ0n) is 2.75. The van der Waals surface area contributed by atoms with Gasteiger partial charge in [-0.25, -0.2) is 0 Å². The van der Waals surface area contributed by atoms with Gasteiger partial charge in [0, 0.05) is 62.9 Å². The van der Waals surface area contributed by atoms with Crippen LogP contribution < -0.4 is 0 Å². The van der Waals surface area contributed by atoms with E-state index in [2.05, 4.69) is 7.44 Å². The summed E-state index contributed by atoms with van der Waals surface area (Å²) in [6, 6.07) is 0. The minimum Gasteiger partial charge on any atom is -0.0388 e. The molecule has 2 radical (unpaired) electrons. The first kappa shape index (κ1) is 27.9. The predicted molar refractivity (Wildman–Crippen MR) is 15.7 cm³/mol. The van der Waals surface area contributed by atoms with E-state index in [4.69, 9.17) is 0 Å². The van der Waals surface area contributed by atoms with E-state index in [9.17, 15) is 0 Å². The van der Waals surface area contributed by atoms with Crippen LogP contribution in [0.4, 0.5) is 0 Å². The van der Waals surface area contributed by atoms with Crippen LogP contribution in [0.25, 0.3) is 0 Å². The zero-order chi connectivity index (χ0) is 2.00. The molecule has 0 aliphatic heterocycles. The summed E-state index contributed by atoms with van der Waals surface area (Å²) in [7, 11) is 5.44. The Labute approximate surface area is 72.5 Å². The first-order valence-corrected chi connectivity index (χ1v) is 1.73. The zero-order valence-corrected chi connectivity index (χ0v) is 10.1. The van der Waals surface area contributed by atoms with Gasteiger partial charge in [-0.15, -0.1) is 0 Å². The second-order valence-electron chi connectivity index (χ2n) is 0. The third-order valence-electron chi connectivity index (χ3n) is 0. The average Bonchev–Trinajstić information content (AvgIpc) is 1.00. The normalized spacial score (nSPS) is 1.60. The Morgan fingerprint density at radius 2 is 1.20 bits per heavy atom. The number of rotatable bonds is 0. The van der Waals surface area contributed by atoms with Gasteiger partial charge < -0.3 is 0 Å². The smallest absolute Gasteiger partial charge is 0.0388 e. The Balaban J connectivity index is -0.00000000167. The van der Waals surface area contributed by atoms with E-state index in [-0.39, 0.29) is 55.5 Å². The molecule has 30 valence electrons. The Bertz CT molecular complexity index is 11.6. The molecule has 0 fully saturated rings. The van der Waals surface area contributed by atoms with Crippen molar-refractivity contribution in [1.82, 2.24) is 0 Å². The van der Waals surface area contributed by atoms with Gasteiger partial charge in [-0.3, -0.25) is 0 Å². The molecule has 0 saturated heterocycles.